The van der Waals surface area contributed by atoms with Crippen LogP contribution in [0, 0.1) is 0 Å². The third-order valence-electron chi connectivity index (χ3n) is 2.20. The molecule has 1 heterocycles. The van der Waals surface area contributed by atoms with Gasteiger partial charge >= 0.3 is 0 Å². The topological polar surface area (TPSA) is 22.1 Å². The van der Waals surface area contributed by atoms with Gasteiger partial charge in [-0.25, -0.2) is 4.98 Å². The summed E-state index contributed by atoms with van der Waals surface area (Å²) in [5.41, 5.74) is 2.41. The van der Waals surface area contributed by atoms with E-state index in [1.807, 2.05) is 18.2 Å². The fraction of sp³-hybridized carbons (Fsp3) is 0.154. The molecule has 0 atom stereocenters. The summed E-state index contributed by atoms with van der Waals surface area (Å²) in [7, 11) is 0. The van der Waals surface area contributed by atoms with Crippen molar-refractivity contribution in [3.05, 3.63) is 59.8 Å². The number of ether oxygens (including phenoxy) is 1. The van der Waals surface area contributed by atoms with Crippen molar-refractivity contribution >= 4 is 15.9 Å². The van der Waals surface area contributed by atoms with Crippen molar-refractivity contribution in [3.8, 4) is 5.88 Å². The van der Waals surface area contributed by atoms with Gasteiger partial charge in [-0.15, -0.1) is 0 Å². The van der Waals surface area contributed by atoms with Gasteiger partial charge in [-0.2, -0.15) is 0 Å². The Balaban J connectivity index is 1.94. The molecule has 0 bridgehead atoms. The first-order valence-corrected chi connectivity index (χ1v) is 6.18. The molecule has 82 valence electrons. The van der Waals surface area contributed by atoms with E-state index in [1.165, 1.54) is 5.56 Å². The summed E-state index contributed by atoms with van der Waals surface area (Å²) in [6, 6.07) is 14.0. The molecule has 0 N–H and O–H groups in total. The van der Waals surface area contributed by atoms with Crippen LogP contribution in [0.25, 0.3) is 0 Å². The monoisotopic (exact) mass is 277 g/mol. The fourth-order valence-electron chi connectivity index (χ4n) is 1.31. The largest absolute Gasteiger partial charge is 0.473 e. The zero-order chi connectivity index (χ0) is 11.2. The van der Waals surface area contributed by atoms with E-state index in [9.17, 15) is 0 Å². The van der Waals surface area contributed by atoms with E-state index in [-0.39, 0.29) is 0 Å². The van der Waals surface area contributed by atoms with Crippen LogP contribution in [0.2, 0.25) is 0 Å². The maximum absolute atomic E-state index is 5.54. The van der Waals surface area contributed by atoms with Crippen molar-refractivity contribution < 1.29 is 4.74 Å². The SMILES string of the molecule is BrCc1ccc(COc2ccccn2)cc1. The van der Waals surface area contributed by atoms with E-state index in [0.717, 1.165) is 10.9 Å². The second kappa shape index (κ2) is 5.66. The molecule has 0 fully saturated rings. The molecule has 3 heteroatoms. The number of rotatable bonds is 4. The average molecular weight is 278 g/mol. The van der Waals surface area contributed by atoms with Gasteiger partial charge in [0.1, 0.15) is 6.61 Å². The highest BCUT2D eigenvalue weighted by atomic mass is 79.9. The lowest BCUT2D eigenvalue weighted by Gasteiger charge is -2.05. The first-order valence-electron chi connectivity index (χ1n) is 5.06. The summed E-state index contributed by atoms with van der Waals surface area (Å²) in [6.07, 6.45) is 1.73. The van der Waals surface area contributed by atoms with Crippen LogP contribution < -0.4 is 4.74 Å². The number of hydrogen-bond acceptors (Lipinski definition) is 2. The molecule has 0 radical (unpaired) electrons. The second-order valence-corrected chi connectivity index (χ2v) is 3.97. The van der Waals surface area contributed by atoms with Crippen LogP contribution in [0.1, 0.15) is 11.1 Å². The quantitative estimate of drug-likeness (QED) is 0.798. The van der Waals surface area contributed by atoms with Gasteiger partial charge < -0.3 is 4.74 Å². The Kier molecular flexibility index (Phi) is 3.94. The van der Waals surface area contributed by atoms with E-state index in [1.54, 1.807) is 6.20 Å². The van der Waals surface area contributed by atoms with Crippen molar-refractivity contribution in [1.82, 2.24) is 4.98 Å². The molecule has 2 aromatic rings. The van der Waals surface area contributed by atoms with E-state index < -0.39 is 0 Å². The number of nitrogens with zero attached hydrogens (tertiary/aromatic N) is 1. The molecule has 0 aliphatic rings. The Labute approximate surface area is 103 Å². The minimum Gasteiger partial charge on any atom is -0.473 e. The molecule has 0 spiro atoms. The van der Waals surface area contributed by atoms with Gasteiger partial charge in [0.15, 0.2) is 0 Å². The number of alkyl halides is 1. The molecule has 0 aliphatic carbocycles. The van der Waals surface area contributed by atoms with E-state index in [0.29, 0.717) is 12.5 Å². The lowest BCUT2D eigenvalue weighted by atomic mass is 10.2. The number of aromatic nitrogens is 1. The molecule has 2 rings (SSSR count). The smallest absolute Gasteiger partial charge is 0.213 e. The minimum atomic E-state index is 0.555. The predicted molar refractivity (Wildman–Crippen MR) is 67.6 cm³/mol. The zero-order valence-corrected chi connectivity index (χ0v) is 10.4. The highest BCUT2D eigenvalue weighted by Crippen LogP contribution is 2.11. The molecule has 1 aromatic carbocycles. The highest BCUT2D eigenvalue weighted by Gasteiger charge is 1.96. The summed E-state index contributed by atoms with van der Waals surface area (Å²) < 4.78 is 5.54. The highest BCUT2D eigenvalue weighted by molar-refractivity contribution is 9.08. The third kappa shape index (κ3) is 3.07. The second-order valence-electron chi connectivity index (χ2n) is 3.41. The zero-order valence-electron chi connectivity index (χ0n) is 8.77. The summed E-state index contributed by atoms with van der Waals surface area (Å²) in [4.78, 5) is 4.10. The summed E-state index contributed by atoms with van der Waals surface area (Å²) in [5.74, 6) is 0.659. The van der Waals surface area contributed by atoms with Gasteiger partial charge in [-0.3, -0.25) is 0 Å². The predicted octanol–water partition coefficient (Wildman–Crippen LogP) is 3.56. The number of pyridine rings is 1. The van der Waals surface area contributed by atoms with Crippen LogP contribution in [0.15, 0.2) is 48.7 Å². The van der Waals surface area contributed by atoms with E-state index in [2.05, 4.69) is 45.2 Å². The van der Waals surface area contributed by atoms with Gasteiger partial charge in [0, 0.05) is 17.6 Å². The Hall–Kier alpha value is -1.35. The first-order chi connectivity index (χ1) is 7.88. The Morgan fingerprint density at radius 2 is 1.75 bits per heavy atom. The van der Waals surface area contributed by atoms with E-state index >= 15 is 0 Å². The summed E-state index contributed by atoms with van der Waals surface area (Å²) in [5, 5.41) is 0.883. The third-order valence-corrected chi connectivity index (χ3v) is 2.85. The molecule has 2 nitrogen and oxygen atoms in total. The van der Waals surface area contributed by atoms with Crippen LogP contribution in [0.4, 0.5) is 0 Å². The minimum absolute atomic E-state index is 0.555. The maximum Gasteiger partial charge on any atom is 0.213 e. The van der Waals surface area contributed by atoms with Crippen LogP contribution in [-0.4, -0.2) is 4.98 Å². The van der Waals surface area contributed by atoms with Crippen molar-refractivity contribution in [2.45, 2.75) is 11.9 Å². The molecular formula is C13H12BrNO. The Morgan fingerprint density at radius 3 is 2.38 bits per heavy atom. The van der Waals surface area contributed by atoms with Crippen LogP contribution in [0.3, 0.4) is 0 Å². The number of benzene rings is 1. The number of hydrogen-bond donors (Lipinski definition) is 0. The molecule has 0 saturated heterocycles. The van der Waals surface area contributed by atoms with Gasteiger partial charge in [-0.1, -0.05) is 46.3 Å². The molecular weight excluding hydrogens is 266 g/mol. The van der Waals surface area contributed by atoms with Gasteiger partial charge in [0.05, 0.1) is 0 Å². The van der Waals surface area contributed by atoms with Gasteiger partial charge in [-0.05, 0) is 17.2 Å². The van der Waals surface area contributed by atoms with Crippen LogP contribution >= 0.6 is 15.9 Å². The lowest BCUT2D eigenvalue weighted by Crippen LogP contribution is -1.96. The van der Waals surface area contributed by atoms with E-state index in [4.69, 9.17) is 4.74 Å². The van der Waals surface area contributed by atoms with Gasteiger partial charge in [0.25, 0.3) is 0 Å². The van der Waals surface area contributed by atoms with Gasteiger partial charge in [0.2, 0.25) is 5.88 Å². The fourth-order valence-corrected chi connectivity index (χ4v) is 1.69. The molecule has 16 heavy (non-hydrogen) atoms. The molecule has 0 aliphatic heterocycles. The Morgan fingerprint density at radius 1 is 1.00 bits per heavy atom. The maximum atomic E-state index is 5.54. The summed E-state index contributed by atoms with van der Waals surface area (Å²) >= 11 is 3.42. The van der Waals surface area contributed by atoms with Crippen molar-refractivity contribution in [3.63, 3.8) is 0 Å². The lowest BCUT2D eigenvalue weighted by molar-refractivity contribution is 0.294. The molecule has 0 unspecified atom stereocenters. The molecule has 0 saturated carbocycles. The first kappa shape index (κ1) is 11.1. The standard InChI is InChI=1S/C13H12BrNO/c14-9-11-4-6-12(7-5-11)10-16-13-3-1-2-8-15-13/h1-8H,9-10H2. The summed E-state index contributed by atoms with van der Waals surface area (Å²) in [6.45, 7) is 0.555. The normalized spacial score (nSPS) is 10.1. The molecule has 1 aromatic heterocycles. The van der Waals surface area contributed by atoms with Crippen molar-refractivity contribution in [2.24, 2.45) is 0 Å². The average Bonchev–Trinajstić information content (AvgIpc) is 2.38. The van der Waals surface area contributed by atoms with Crippen LogP contribution in [-0.2, 0) is 11.9 Å². The Bertz CT molecular complexity index is 427. The van der Waals surface area contributed by atoms with Crippen molar-refractivity contribution in [2.75, 3.05) is 0 Å². The molecule has 0 amide bonds. The van der Waals surface area contributed by atoms with Crippen molar-refractivity contribution in [1.29, 1.82) is 0 Å². The number of halogens is 1. The van der Waals surface area contributed by atoms with Crippen LogP contribution in [0.5, 0.6) is 5.88 Å².